The minimum Gasteiger partial charge on any atom is -0.351 e. The van der Waals surface area contributed by atoms with Gasteiger partial charge in [0.2, 0.25) is 0 Å². The van der Waals surface area contributed by atoms with Crippen molar-refractivity contribution in [3.8, 4) is 0 Å². The van der Waals surface area contributed by atoms with E-state index in [-0.39, 0.29) is 11.9 Å². The van der Waals surface area contributed by atoms with Crippen molar-refractivity contribution in [2.24, 2.45) is 0 Å². The van der Waals surface area contributed by atoms with E-state index in [2.05, 4.69) is 40.7 Å². The van der Waals surface area contributed by atoms with Crippen molar-refractivity contribution >= 4 is 16.8 Å². The molecular weight excluding hydrogens is 250 g/mol. The number of nitrogens with one attached hydrogen (secondary N) is 3. The van der Waals surface area contributed by atoms with E-state index < -0.39 is 0 Å². The Kier molecular flexibility index (Phi) is 3.74. The van der Waals surface area contributed by atoms with Crippen molar-refractivity contribution in [2.45, 2.75) is 32.2 Å². The third kappa shape index (κ3) is 2.70. The summed E-state index contributed by atoms with van der Waals surface area (Å²) in [4.78, 5) is 15.5. The van der Waals surface area contributed by atoms with Crippen LogP contribution in [0, 0.1) is 0 Å². The fourth-order valence-electron chi connectivity index (χ4n) is 2.75. The first-order chi connectivity index (χ1) is 9.76. The number of rotatable bonds is 3. The summed E-state index contributed by atoms with van der Waals surface area (Å²) in [6.07, 6.45) is 3.18. The maximum atomic E-state index is 12.3. The molecule has 1 aromatic carbocycles. The average Bonchev–Trinajstić information content (AvgIpc) is 2.91. The van der Waals surface area contributed by atoms with Crippen molar-refractivity contribution in [3.05, 3.63) is 35.5 Å². The van der Waals surface area contributed by atoms with Gasteiger partial charge in [-0.05, 0) is 43.5 Å². The van der Waals surface area contributed by atoms with Crippen LogP contribution < -0.4 is 10.6 Å². The van der Waals surface area contributed by atoms with Gasteiger partial charge in [-0.15, -0.1) is 0 Å². The molecule has 0 radical (unpaired) electrons. The lowest BCUT2D eigenvalue weighted by atomic mass is 10.1. The Morgan fingerprint density at radius 3 is 3.05 bits per heavy atom. The number of carbonyl (C=O) groups excluding carboxylic acids is 1. The van der Waals surface area contributed by atoms with Gasteiger partial charge in [-0.3, -0.25) is 4.79 Å². The second-order valence-corrected chi connectivity index (χ2v) is 5.47. The molecule has 1 aliphatic heterocycles. The third-order valence-corrected chi connectivity index (χ3v) is 3.97. The van der Waals surface area contributed by atoms with Crippen LogP contribution in [0.5, 0.6) is 0 Å². The topological polar surface area (TPSA) is 56.9 Å². The summed E-state index contributed by atoms with van der Waals surface area (Å²) >= 11 is 0. The first-order valence-electron chi connectivity index (χ1n) is 7.39. The maximum Gasteiger partial charge on any atom is 0.267 e. The van der Waals surface area contributed by atoms with E-state index in [1.807, 2.05) is 6.07 Å². The number of aryl methyl sites for hydroxylation is 1. The van der Waals surface area contributed by atoms with Crippen molar-refractivity contribution in [1.82, 2.24) is 15.6 Å². The van der Waals surface area contributed by atoms with Crippen LogP contribution in [0.2, 0.25) is 0 Å². The number of hydrogen-bond donors (Lipinski definition) is 3. The Labute approximate surface area is 118 Å². The van der Waals surface area contributed by atoms with E-state index >= 15 is 0 Å². The molecule has 3 N–H and O–H groups in total. The predicted octanol–water partition coefficient (Wildman–Crippen LogP) is 2.21. The molecule has 1 aromatic heterocycles. The second-order valence-electron chi connectivity index (χ2n) is 5.47. The van der Waals surface area contributed by atoms with E-state index in [1.165, 1.54) is 5.56 Å². The first kappa shape index (κ1) is 13.2. The highest BCUT2D eigenvalue weighted by Gasteiger charge is 2.17. The lowest BCUT2D eigenvalue weighted by molar-refractivity contribution is 0.0926. The van der Waals surface area contributed by atoms with Crippen molar-refractivity contribution in [3.63, 3.8) is 0 Å². The molecule has 0 bridgehead atoms. The minimum atomic E-state index is -0.00653. The first-order valence-corrected chi connectivity index (χ1v) is 7.39. The Bertz CT molecular complexity index is 611. The molecule has 1 fully saturated rings. The van der Waals surface area contributed by atoms with Crippen LogP contribution in [0.1, 0.15) is 35.8 Å². The summed E-state index contributed by atoms with van der Waals surface area (Å²) in [5.74, 6) is -0.00653. The highest BCUT2D eigenvalue weighted by atomic mass is 16.1. The normalized spacial score (nSPS) is 19.1. The number of carbonyl (C=O) groups is 1. The molecule has 3 rings (SSSR count). The molecule has 0 saturated carbocycles. The molecular formula is C16H21N3O. The van der Waals surface area contributed by atoms with Crippen molar-refractivity contribution in [1.29, 1.82) is 0 Å². The molecule has 1 aliphatic rings. The third-order valence-electron chi connectivity index (χ3n) is 3.97. The molecule has 0 spiro atoms. The number of hydrogen-bond acceptors (Lipinski definition) is 2. The predicted molar refractivity (Wildman–Crippen MR) is 81.0 cm³/mol. The molecule has 0 aliphatic carbocycles. The lowest BCUT2D eigenvalue weighted by Crippen LogP contribution is -2.45. The molecule has 2 heterocycles. The van der Waals surface area contributed by atoms with Gasteiger partial charge in [-0.25, -0.2) is 0 Å². The number of amides is 1. The molecule has 1 saturated heterocycles. The van der Waals surface area contributed by atoms with Crippen LogP contribution in [-0.4, -0.2) is 30.0 Å². The molecule has 106 valence electrons. The zero-order valence-electron chi connectivity index (χ0n) is 11.8. The van der Waals surface area contributed by atoms with Crippen LogP contribution in [0.3, 0.4) is 0 Å². The summed E-state index contributed by atoms with van der Waals surface area (Å²) in [6, 6.07) is 8.48. The van der Waals surface area contributed by atoms with Gasteiger partial charge in [-0.2, -0.15) is 0 Å². The van der Waals surface area contributed by atoms with Crippen molar-refractivity contribution in [2.75, 3.05) is 13.1 Å². The van der Waals surface area contributed by atoms with Gasteiger partial charge >= 0.3 is 0 Å². The van der Waals surface area contributed by atoms with E-state index in [0.29, 0.717) is 5.69 Å². The van der Waals surface area contributed by atoms with E-state index in [1.54, 1.807) is 0 Å². The van der Waals surface area contributed by atoms with E-state index in [9.17, 15) is 4.79 Å². The zero-order valence-corrected chi connectivity index (χ0v) is 11.8. The molecule has 4 heteroatoms. The van der Waals surface area contributed by atoms with Gasteiger partial charge in [0.05, 0.1) is 0 Å². The number of benzene rings is 1. The fraction of sp³-hybridized carbons (Fsp3) is 0.438. The summed E-state index contributed by atoms with van der Waals surface area (Å²) < 4.78 is 0. The monoisotopic (exact) mass is 271 g/mol. The molecule has 4 nitrogen and oxygen atoms in total. The van der Waals surface area contributed by atoms with Gasteiger partial charge in [0.15, 0.2) is 0 Å². The second kappa shape index (κ2) is 5.67. The summed E-state index contributed by atoms with van der Waals surface area (Å²) in [5.41, 5.74) is 2.97. The van der Waals surface area contributed by atoms with Crippen LogP contribution in [0.15, 0.2) is 24.3 Å². The molecule has 1 amide bonds. The SMILES string of the molecule is CCc1ccc2cc(C(=O)N[C@@H]3CCCNC3)[nH]c2c1. The Morgan fingerprint density at radius 1 is 1.40 bits per heavy atom. The van der Waals surface area contributed by atoms with Crippen molar-refractivity contribution < 1.29 is 4.79 Å². The lowest BCUT2D eigenvalue weighted by Gasteiger charge is -2.23. The van der Waals surface area contributed by atoms with Crippen LogP contribution >= 0.6 is 0 Å². The van der Waals surface area contributed by atoms with Gasteiger partial charge in [0.25, 0.3) is 5.91 Å². The van der Waals surface area contributed by atoms with Gasteiger partial charge in [0.1, 0.15) is 5.69 Å². The largest absolute Gasteiger partial charge is 0.351 e. The molecule has 1 atom stereocenters. The van der Waals surface area contributed by atoms with E-state index in [4.69, 9.17) is 0 Å². The van der Waals surface area contributed by atoms with Gasteiger partial charge < -0.3 is 15.6 Å². The highest BCUT2D eigenvalue weighted by Crippen LogP contribution is 2.18. The standard InChI is InChI=1S/C16H21N3O/c1-2-11-5-6-12-9-15(19-14(12)8-11)16(20)18-13-4-3-7-17-10-13/h5-6,8-9,13,17,19H,2-4,7,10H2,1H3,(H,18,20)/t13-/m1/s1. The van der Waals surface area contributed by atoms with Gasteiger partial charge in [-0.1, -0.05) is 19.1 Å². The average molecular weight is 271 g/mol. The number of aromatic amines is 1. The minimum absolute atomic E-state index is 0.00653. The summed E-state index contributed by atoms with van der Waals surface area (Å²) in [5, 5.41) is 7.49. The van der Waals surface area contributed by atoms with Gasteiger partial charge in [0, 0.05) is 23.5 Å². The highest BCUT2D eigenvalue weighted by molar-refractivity contribution is 5.98. The Hall–Kier alpha value is -1.81. The molecule has 20 heavy (non-hydrogen) atoms. The zero-order chi connectivity index (χ0) is 13.9. The summed E-state index contributed by atoms with van der Waals surface area (Å²) in [6.45, 7) is 4.05. The maximum absolute atomic E-state index is 12.3. The van der Waals surface area contributed by atoms with Crippen LogP contribution in [0.4, 0.5) is 0 Å². The molecule has 2 aromatic rings. The smallest absolute Gasteiger partial charge is 0.267 e. The molecule has 0 unspecified atom stereocenters. The van der Waals surface area contributed by atoms with Crippen LogP contribution in [0.25, 0.3) is 10.9 Å². The number of fused-ring (bicyclic) bond motifs is 1. The summed E-state index contributed by atoms with van der Waals surface area (Å²) in [7, 11) is 0. The number of piperidine rings is 1. The Morgan fingerprint density at radius 2 is 2.30 bits per heavy atom. The fourth-order valence-corrected chi connectivity index (χ4v) is 2.75. The quantitative estimate of drug-likeness (QED) is 0.801. The van der Waals surface area contributed by atoms with E-state index in [0.717, 1.165) is 43.3 Å². The Balaban J connectivity index is 1.77. The van der Waals surface area contributed by atoms with Crippen LogP contribution in [-0.2, 0) is 6.42 Å². The number of H-pyrrole nitrogens is 1. The number of aromatic nitrogens is 1.